The standard InChI is InChI=1S/C20H34N2O2/c1-20(2,3)18-11-10-17(14-19(18)24-13-5-12-23-4)22-16-8-6-15(21)7-9-16/h10-11,14-16,22H,5-9,12-13,21H2,1-4H3. The predicted molar refractivity (Wildman–Crippen MR) is 101 cm³/mol. The van der Waals surface area contributed by atoms with E-state index < -0.39 is 0 Å². The molecule has 4 heteroatoms. The molecule has 0 bridgehead atoms. The van der Waals surface area contributed by atoms with Crippen LogP contribution in [-0.2, 0) is 10.2 Å². The lowest BCUT2D eigenvalue weighted by atomic mass is 9.86. The second kappa shape index (κ2) is 8.72. The van der Waals surface area contributed by atoms with Crippen molar-refractivity contribution in [3.8, 4) is 5.75 Å². The molecule has 0 atom stereocenters. The maximum atomic E-state index is 6.07. The fourth-order valence-corrected chi connectivity index (χ4v) is 3.24. The van der Waals surface area contributed by atoms with Gasteiger partial charge in [-0.2, -0.15) is 0 Å². The van der Waals surface area contributed by atoms with Crippen LogP contribution in [0.1, 0.15) is 58.4 Å². The second-order valence-corrected chi connectivity index (χ2v) is 7.91. The second-order valence-electron chi connectivity index (χ2n) is 7.91. The highest BCUT2D eigenvalue weighted by atomic mass is 16.5. The quantitative estimate of drug-likeness (QED) is 0.738. The van der Waals surface area contributed by atoms with Crippen LogP contribution < -0.4 is 15.8 Å². The molecule has 1 aromatic carbocycles. The smallest absolute Gasteiger partial charge is 0.125 e. The molecule has 1 fully saturated rings. The molecule has 1 aromatic rings. The van der Waals surface area contributed by atoms with Gasteiger partial charge in [-0.1, -0.05) is 26.8 Å². The molecular weight excluding hydrogens is 300 g/mol. The first kappa shape index (κ1) is 19.1. The zero-order valence-electron chi connectivity index (χ0n) is 15.7. The van der Waals surface area contributed by atoms with Gasteiger partial charge in [0.2, 0.25) is 0 Å². The average molecular weight is 335 g/mol. The molecule has 0 radical (unpaired) electrons. The van der Waals surface area contributed by atoms with E-state index in [2.05, 4.69) is 44.3 Å². The van der Waals surface area contributed by atoms with Crippen LogP contribution in [0.3, 0.4) is 0 Å². The summed E-state index contributed by atoms with van der Waals surface area (Å²) in [6, 6.07) is 7.43. The van der Waals surface area contributed by atoms with Gasteiger partial charge in [-0.3, -0.25) is 0 Å². The molecule has 3 N–H and O–H groups in total. The highest BCUT2D eigenvalue weighted by molar-refractivity contribution is 5.54. The van der Waals surface area contributed by atoms with Crippen molar-refractivity contribution in [3.05, 3.63) is 23.8 Å². The SMILES string of the molecule is COCCCOc1cc(NC2CCC(N)CC2)ccc1C(C)(C)C. The molecular formula is C20H34N2O2. The summed E-state index contributed by atoms with van der Waals surface area (Å²) < 4.78 is 11.2. The fraction of sp³-hybridized carbons (Fsp3) is 0.700. The lowest BCUT2D eigenvalue weighted by Gasteiger charge is -2.29. The third kappa shape index (κ3) is 5.67. The number of ether oxygens (including phenoxy) is 2. The number of hydrogen-bond acceptors (Lipinski definition) is 4. The minimum absolute atomic E-state index is 0.0622. The maximum Gasteiger partial charge on any atom is 0.125 e. The van der Waals surface area contributed by atoms with Gasteiger partial charge in [0.25, 0.3) is 0 Å². The minimum Gasteiger partial charge on any atom is -0.493 e. The van der Waals surface area contributed by atoms with Crippen LogP contribution in [0.2, 0.25) is 0 Å². The Morgan fingerprint density at radius 3 is 2.46 bits per heavy atom. The van der Waals surface area contributed by atoms with Crippen molar-refractivity contribution < 1.29 is 9.47 Å². The van der Waals surface area contributed by atoms with Gasteiger partial charge in [-0.05, 0) is 42.7 Å². The highest BCUT2D eigenvalue weighted by Crippen LogP contribution is 2.34. The van der Waals surface area contributed by atoms with Crippen molar-refractivity contribution in [1.29, 1.82) is 0 Å². The molecule has 24 heavy (non-hydrogen) atoms. The Morgan fingerprint density at radius 1 is 1.12 bits per heavy atom. The molecule has 1 aliphatic rings. The first-order valence-corrected chi connectivity index (χ1v) is 9.18. The summed E-state index contributed by atoms with van der Waals surface area (Å²) >= 11 is 0. The van der Waals surface area contributed by atoms with Crippen LogP contribution in [0.5, 0.6) is 5.75 Å². The molecule has 0 aliphatic heterocycles. The van der Waals surface area contributed by atoms with Crippen LogP contribution in [0.25, 0.3) is 0 Å². The lowest BCUT2D eigenvalue weighted by molar-refractivity contribution is 0.171. The lowest BCUT2D eigenvalue weighted by Crippen LogP contribution is -2.32. The molecule has 0 saturated heterocycles. The Hall–Kier alpha value is -1.26. The zero-order chi connectivity index (χ0) is 17.6. The summed E-state index contributed by atoms with van der Waals surface area (Å²) in [4.78, 5) is 0. The Bertz CT molecular complexity index is 503. The monoisotopic (exact) mass is 334 g/mol. The van der Waals surface area contributed by atoms with Crippen molar-refractivity contribution in [2.75, 3.05) is 25.6 Å². The van der Waals surface area contributed by atoms with Crippen LogP contribution in [0.4, 0.5) is 5.69 Å². The van der Waals surface area contributed by atoms with Crippen molar-refractivity contribution >= 4 is 5.69 Å². The highest BCUT2D eigenvalue weighted by Gasteiger charge is 2.21. The number of anilines is 1. The summed E-state index contributed by atoms with van der Waals surface area (Å²) in [5.41, 5.74) is 8.46. The van der Waals surface area contributed by atoms with E-state index in [1.807, 2.05) is 0 Å². The van der Waals surface area contributed by atoms with E-state index in [1.165, 1.54) is 5.56 Å². The Balaban J connectivity index is 2.06. The predicted octanol–water partition coefficient (Wildman–Crippen LogP) is 4.08. The average Bonchev–Trinajstić information content (AvgIpc) is 2.53. The van der Waals surface area contributed by atoms with Gasteiger partial charge < -0.3 is 20.5 Å². The van der Waals surface area contributed by atoms with Crippen molar-refractivity contribution in [3.63, 3.8) is 0 Å². The van der Waals surface area contributed by atoms with E-state index in [0.29, 0.717) is 18.7 Å². The molecule has 0 spiro atoms. The number of benzene rings is 1. The Labute approximate surface area is 147 Å². The number of hydrogen-bond donors (Lipinski definition) is 2. The van der Waals surface area contributed by atoms with E-state index in [9.17, 15) is 0 Å². The fourth-order valence-electron chi connectivity index (χ4n) is 3.24. The molecule has 0 amide bonds. The van der Waals surface area contributed by atoms with Gasteiger partial charge in [0, 0.05) is 44.0 Å². The molecule has 2 rings (SSSR count). The van der Waals surface area contributed by atoms with E-state index in [0.717, 1.165) is 50.1 Å². The summed E-state index contributed by atoms with van der Waals surface area (Å²) in [6.07, 6.45) is 5.41. The summed E-state index contributed by atoms with van der Waals surface area (Å²) in [5.74, 6) is 0.983. The maximum absolute atomic E-state index is 6.07. The molecule has 1 saturated carbocycles. The van der Waals surface area contributed by atoms with Gasteiger partial charge in [0.1, 0.15) is 5.75 Å². The Morgan fingerprint density at radius 2 is 1.83 bits per heavy atom. The van der Waals surface area contributed by atoms with Crippen molar-refractivity contribution in [2.45, 2.75) is 70.4 Å². The summed E-state index contributed by atoms with van der Waals surface area (Å²) in [5, 5.41) is 3.66. The molecule has 0 heterocycles. The van der Waals surface area contributed by atoms with Gasteiger partial charge in [-0.25, -0.2) is 0 Å². The van der Waals surface area contributed by atoms with Crippen LogP contribution in [-0.4, -0.2) is 32.4 Å². The van der Waals surface area contributed by atoms with E-state index in [4.69, 9.17) is 15.2 Å². The largest absolute Gasteiger partial charge is 0.493 e. The van der Waals surface area contributed by atoms with Gasteiger partial charge in [0.15, 0.2) is 0 Å². The third-order valence-corrected chi connectivity index (χ3v) is 4.68. The van der Waals surface area contributed by atoms with Gasteiger partial charge in [0.05, 0.1) is 6.61 Å². The number of nitrogens with two attached hydrogens (primary N) is 1. The van der Waals surface area contributed by atoms with Crippen molar-refractivity contribution in [2.24, 2.45) is 5.73 Å². The van der Waals surface area contributed by atoms with Gasteiger partial charge in [-0.15, -0.1) is 0 Å². The summed E-state index contributed by atoms with van der Waals surface area (Å²) in [7, 11) is 1.72. The van der Waals surface area contributed by atoms with E-state index >= 15 is 0 Å². The molecule has 1 aliphatic carbocycles. The van der Waals surface area contributed by atoms with Gasteiger partial charge >= 0.3 is 0 Å². The zero-order valence-corrected chi connectivity index (χ0v) is 15.7. The molecule has 136 valence electrons. The molecule has 0 aromatic heterocycles. The first-order valence-electron chi connectivity index (χ1n) is 9.18. The van der Waals surface area contributed by atoms with Crippen molar-refractivity contribution in [1.82, 2.24) is 0 Å². The van der Waals surface area contributed by atoms with Crippen LogP contribution in [0, 0.1) is 0 Å². The van der Waals surface area contributed by atoms with E-state index in [1.54, 1.807) is 7.11 Å². The topological polar surface area (TPSA) is 56.5 Å². The first-order chi connectivity index (χ1) is 11.4. The number of nitrogens with one attached hydrogen (secondary N) is 1. The minimum atomic E-state index is 0.0622. The summed E-state index contributed by atoms with van der Waals surface area (Å²) in [6.45, 7) is 8.07. The Kier molecular flexibility index (Phi) is 6.93. The van der Waals surface area contributed by atoms with E-state index in [-0.39, 0.29) is 5.41 Å². The number of methoxy groups -OCH3 is 1. The van der Waals surface area contributed by atoms with Crippen LogP contribution >= 0.6 is 0 Å². The normalized spacial score (nSPS) is 21.5. The number of rotatable bonds is 7. The molecule has 4 nitrogen and oxygen atoms in total. The third-order valence-electron chi connectivity index (χ3n) is 4.68. The van der Waals surface area contributed by atoms with Crippen LogP contribution in [0.15, 0.2) is 18.2 Å². The molecule has 0 unspecified atom stereocenters.